The van der Waals surface area contributed by atoms with Crippen molar-refractivity contribution in [3.63, 3.8) is 0 Å². The molecular formula is C16H15ClN4. The van der Waals surface area contributed by atoms with Crippen LogP contribution >= 0.6 is 11.6 Å². The Bertz CT molecular complexity index is 756. The summed E-state index contributed by atoms with van der Waals surface area (Å²) in [6.45, 7) is 0.562. The van der Waals surface area contributed by atoms with E-state index in [1.54, 1.807) is 6.21 Å². The van der Waals surface area contributed by atoms with Gasteiger partial charge >= 0.3 is 0 Å². The lowest BCUT2D eigenvalue weighted by atomic mass is 10.2. The zero-order chi connectivity index (χ0) is 14.7. The molecule has 21 heavy (non-hydrogen) atoms. The van der Waals surface area contributed by atoms with Crippen LogP contribution in [0.15, 0.2) is 60.0 Å². The molecule has 3 aromatic rings. The second kappa shape index (κ2) is 5.97. The highest BCUT2D eigenvalue weighted by Crippen LogP contribution is 2.16. The lowest BCUT2D eigenvalue weighted by Gasteiger charge is -2.05. The van der Waals surface area contributed by atoms with Crippen molar-refractivity contribution >= 4 is 17.8 Å². The van der Waals surface area contributed by atoms with Gasteiger partial charge in [0.2, 0.25) is 0 Å². The first-order valence-corrected chi connectivity index (χ1v) is 7.02. The van der Waals surface area contributed by atoms with Crippen molar-refractivity contribution in [1.82, 2.24) is 14.3 Å². The van der Waals surface area contributed by atoms with E-state index in [9.17, 15) is 0 Å². The summed E-state index contributed by atoms with van der Waals surface area (Å²) < 4.78 is 3.88. The fourth-order valence-electron chi connectivity index (χ4n) is 2.22. The number of aliphatic imine (C=N–C) groups is 1. The zero-order valence-corrected chi connectivity index (χ0v) is 12.4. The minimum atomic E-state index is 0.562. The van der Waals surface area contributed by atoms with E-state index in [4.69, 9.17) is 11.6 Å². The van der Waals surface area contributed by atoms with Crippen LogP contribution in [0.5, 0.6) is 0 Å². The number of aryl methyl sites for hydroxylation is 1. The van der Waals surface area contributed by atoms with Crippen molar-refractivity contribution in [3.05, 3.63) is 71.1 Å². The second-order valence-electron chi connectivity index (χ2n) is 4.70. The Hall–Kier alpha value is -2.33. The summed E-state index contributed by atoms with van der Waals surface area (Å²) in [7, 11) is 1.93. The average molecular weight is 299 g/mol. The van der Waals surface area contributed by atoms with Gasteiger partial charge in [-0.1, -0.05) is 29.8 Å². The van der Waals surface area contributed by atoms with Gasteiger partial charge in [0, 0.05) is 41.8 Å². The molecule has 0 spiro atoms. The van der Waals surface area contributed by atoms with Gasteiger partial charge in [0.15, 0.2) is 0 Å². The van der Waals surface area contributed by atoms with E-state index in [-0.39, 0.29) is 0 Å². The molecule has 0 saturated carbocycles. The largest absolute Gasteiger partial charge is 0.309 e. The molecule has 0 bridgehead atoms. The highest BCUT2D eigenvalue weighted by molar-refractivity contribution is 6.33. The van der Waals surface area contributed by atoms with Gasteiger partial charge in [-0.15, -0.1) is 0 Å². The third-order valence-corrected chi connectivity index (χ3v) is 3.57. The molecule has 4 nitrogen and oxygen atoms in total. The van der Waals surface area contributed by atoms with E-state index < -0.39 is 0 Å². The van der Waals surface area contributed by atoms with E-state index in [1.807, 2.05) is 71.3 Å². The first-order chi connectivity index (χ1) is 10.3. The molecule has 0 aliphatic carbocycles. The number of nitrogens with zero attached hydrogens (tertiary/aromatic N) is 4. The van der Waals surface area contributed by atoms with E-state index in [0.29, 0.717) is 11.6 Å². The number of hydrogen-bond donors (Lipinski definition) is 0. The molecule has 0 fully saturated rings. The predicted molar refractivity (Wildman–Crippen MR) is 85.3 cm³/mol. The maximum absolute atomic E-state index is 6.11. The predicted octanol–water partition coefficient (Wildman–Crippen LogP) is 3.48. The van der Waals surface area contributed by atoms with Gasteiger partial charge in [-0.25, -0.2) is 0 Å². The summed E-state index contributed by atoms with van der Waals surface area (Å²) in [5.41, 5.74) is 1.99. The highest BCUT2D eigenvalue weighted by atomic mass is 35.5. The average Bonchev–Trinajstić information content (AvgIpc) is 3.11. The van der Waals surface area contributed by atoms with Crippen LogP contribution in [0.4, 0.5) is 0 Å². The summed E-state index contributed by atoms with van der Waals surface area (Å²) in [5, 5.41) is 5.02. The van der Waals surface area contributed by atoms with Crippen LogP contribution in [0.25, 0.3) is 5.82 Å². The topological polar surface area (TPSA) is 35.1 Å². The molecule has 0 unspecified atom stereocenters. The number of benzene rings is 1. The fourth-order valence-corrected chi connectivity index (χ4v) is 2.40. The van der Waals surface area contributed by atoms with Crippen LogP contribution in [-0.2, 0) is 13.6 Å². The van der Waals surface area contributed by atoms with Crippen LogP contribution in [0.3, 0.4) is 0 Å². The van der Waals surface area contributed by atoms with Gasteiger partial charge < -0.3 is 4.57 Å². The lowest BCUT2D eigenvalue weighted by molar-refractivity contribution is 0.728. The normalized spacial score (nSPS) is 11.3. The molecule has 0 amide bonds. The molecule has 0 saturated heterocycles. The Morgan fingerprint density at radius 3 is 2.71 bits per heavy atom. The van der Waals surface area contributed by atoms with Crippen LogP contribution in [0.2, 0.25) is 5.02 Å². The summed E-state index contributed by atoms with van der Waals surface area (Å²) in [4.78, 5) is 4.48. The number of rotatable bonds is 4. The molecule has 1 aromatic carbocycles. The van der Waals surface area contributed by atoms with E-state index in [1.165, 1.54) is 0 Å². The van der Waals surface area contributed by atoms with Gasteiger partial charge in [0.1, 0.15) is 5.82 Å². The first-order valence-electron chi connectivity index (χ1n) is 6.64. The Kier molecular flexibility index (Phi) is 3.88. The molecule has 0 atom stereocenters. The van der Waals surface area contributed by atoms with Gasteiger partial charge in [-0.05, 0) is 18.2 Å². The minimum absolute atomic E-state index is 0.562. The van der Waals surface area contributed by atoms with Crippen molar-refractivity contribution in [2.75, 3.05) is 0 Å². The van der Waals surface area contributed by atoms with Crippen LogP contribution in [0.1, 0.15) is 11.1 Å². The number of aromatic nitrogens is 3. The van der Waals surface area contributed by atoms with Gasteiger partial charge in [0.05, 0.1) is 12.7 Å². The molecule has 2 heterocycles. The molecule has 2 aromatic heterocycles. The highest BCUT2D eigenvalue weighted by Gasteiger charge is 2.08. The Balaban J connectivity index is 1.82. The maximum atomic E-state index is 6.11. The monoisotopic (exact) mass is 298 g/mol. The van der Waals surface area contributed by atoms with Crippen molar-refractivity contribution in [2.45, 2.75) is 6.54 Å². The molecule has 0 N–H and O–H groups in total. The molecule has 3 rings (SSSR count). The van der Waals surface area contributed by atoms with Gasteiger partial charge in [-0.2, -0.15) is 5.10 Å². The van der Waals surface area contributed by atoms with Crippen molar-refractivity contribution < 1.29 is 0 Å². The summed E-state index contributed by atoms with van der Waals surface area (Å²) in [6, 6.07) is 11.6. The molecular weight excluding hydrogens is 284 g/mol. The van der Waals surface area contributed by atoms with Crippen LogP contribution in [0, 0.1) is 0 Å². The summed E-state index contributed by atoms with van der Waals surface area (Å²) >= 11 is 6.11. The summed E-state index contributed by atoms with van der Waals surface area (Å²) in [6.07, 6.45) is 7.64. The van der Waals surface area contributed by atoms with Crippen molar-refractivity contribution in [2.24, 2.45) is 12.0 Å². The quantitative estimate of drug-likeness (QED) is 0.679. The standard InChI is InChI=1S/C16H15ClN4/c1-20-16(21-8-4-5-9-21)14(12-19-20)11-18-10-13-6-2-3-7-15(13)17/h2-10,12H,11H2,1H3. The molecule has 0 aliphatic heterocycles. The fraction of sp³-hybridized carbons (Fsp3) is 0.125. The lowest BCUT2D eigenvalue weighted by Crippen LogP contribution is -2.03. The van der Waals surface area contributed by atoms with Crippen molar-refractivity contribution in [3.8, 4) is 5.82 Å². The SMILES string of the molecule is Cn1ncc(CN=Cc2ccccc2Cl)c1-n1cccc1. The summed E-state index contributed by atoms with van der Waals surface area (Å²) in [5.74, 6) is 1.02. The molecule has 0 radical (unpaired) electrons. The Labute approximate surface area is 128 Å². The second-order valence-corrected chi connectivity index (χ2v) is 5.11. The van der Waals surface area contributed by atoms with Gasteiger partial charge in [-0.3, -0.25) is 9.67 Å². The first kappa shape index (κ1) is 13.6. The smallest absolute Gasteiger partial charge is 0.139 e. The Morgan fingerprint density at radius 2 is 1.95 bits per heavy atom. The van der Waals surface area contributed by atoms with E-state index in [0.717, 1.165) is 16.9 Å². The molecule has 106 valence electrons. The van der Waals surface area contributed by atoms with Crippen LogP contribution in [-0.4, -0.2) is 20.6 Å². The zero-order valence-electron chi connectivity index (χ0n) is 11.6. The maximum Gasteiger partial charge on any atom is 0.139 e. The molecule has 0 aliphatic rings. The number of halogens is 1. The van der Waals surface area contributed by atoms with Gasteiger partial charge in [0.25, 0.3) is 0 Å². The third kappa shape index (κ3) is 2.90. The Morgan fingerprint density at radius 1 is 1.19 bits per heavy atom. The van der Waals surface area contributed by atoms with Crippen molar-refractivity contribution in [1.29, 1.82) is 0 Å². The van der Waals surface area contributed by atoms with Crippen LogP contribution < -0.4 is 0 Å². The third-order valence-electron chi connectivity index (χ3n) is 3.23. The van der Waals surface area contributed by atoms with E-state index in [2.05, 4.69) is 10.1 Å². The molecule has 5 heteroatoms. The van der Waals surface area contributed by atoms with E-state index >= 15 is 0 Å². The minimum Gasteiger partial charge on any atom is -0.309 e. The number of hydrogen-bond acceptors (Lipinski definition) is 2.